The van der Waals surface area contributed by atoms with Crippen LogP contribution >= 0.6 is 11.6 Å². The molecule has 1 aromatic heterocycles. The van der Waals surface area contributed by atoms with Crippen molar-refractivity contribution < 1.29 is 9.26 Å². The molecule has 0 saturated carbocycles. The predicted molar refractivity (Wildman–Crippen MR) is 72.1 cm³/mol. The van der Waals surface area contributed by atoms with Gasteiger partial charge in [-0.1, -0.05) is 36.7 Å². The Kier molecular flexibility index (Phi) is 4.39. The van der Waals surface area contributed by atoms with Crippen molar-refractivity contribution in [3.63, 3.8) is 0 Å². The largest absolute Gasteiger partial charge is 0.483 e. The summed E-state index contributed by atoms with van der Waals surface area (Å²) in [6.07, 6.45) is 0. The second-order valence-electron chi connectivity index (χ2n) is 4.41. The number of hydrogen-bond donors (Lipinski definition) is 1. The number of ether oxygens (including phenoxy) is 1. The van der Waals surface area contributed by atoms with Gasteiger partial charge in [0.2, 0.25) is 0 Å². The minimum absolute atomic E-state index is 0.201. The highest BCUT2D eigenvalue weighted by Gasteiger charge is 2.12. The first-order valence-electron chi connectivity index (χ1n) is 6.04. The molecule has 0 atom stereocenters. The average molecular weight is 282 g/mol. The Hall–Kier alpha value is -1.59. The highest BCUT2D eigenvalue weighted by Crippen LogP contribution is 2.26. The van der Waals surface area contributed by atoms with E-state index >= 15 is 0 Å². The van der Waals surface area contributed by atoms with Crippen LogP contribution in [0, 0.1) is 0 Å². The van der Waals surface area contributed by atoms with Crippen LogP contribution in [0.4, 0.5) is 0 Å². The molecule has 2 aromatic rings. The Morgan fingerprint density at radius 3 is 2.84 bits per heavy atom. The molecule has 0 aliphatic heterocycles. The van der Waals surface area contributed by atoms with Crippen LogP contribution in [-0.2, 0) is 13.2 Å². The quantitative estimate of drug-likeness (QED) is 0.912. The van der Waals surface area contributed by atoms with E-state index in [1.54, 1.807) is 6.07 Å². The molecule has 1 aromatic carbocycles. The normalized spacial score (nSPS) is 11.0. The van der Waals surface area contributed by atoms with Gasteiger partial charge in [0.15, 0.2) is 12.4 Å². The number of halogens is 1. The maximum Gasteiger partial charge on any atom is 0.264 e. The summed E-state index contributed by atoms with van der Waals surface area (Å²) in [5.74, 6) is 1.97. The summed E-state index contributed by atoms with van der Waals surface area (Å²) in [6, 6.07) is 5.40. The summed E-state index contributed by atoms with van der Waals surface area (Å²) in [5.41, 5.74) is 6.42. The fourth-order valence-electron chi connectivity index (χ4n) is 1.57. The van der Waals surface area contributed by atoms with E-state index in [9.17, 15) is 0 Å². The molecular formula is C13H16ClN3O2. The number of benzene rings is 1. The van der Waals surface area contributed by atoms with Crippen molar-refractivity contribution in [2.45, 2.75) is 32.9 Å². The van der Waals surface area contributed by atoms with E-state index in [2.05, 4.69) is 10.1 Å². The van der Waals surface area contributed by atoms with Crippen LogP contribution < -0.4 is 10.5 Å². The number of hydrogen-bond acceptors (Lipinski definition) is 5. The lowest BCUT2D eigenvalue weighted by atomic mass is 10.2. The lowest BCUT2D eigenvalue weighted by molar-refractivity contribution is 0.240. The van der Waals surface area contributed by atoms with Crippen LogP contribution in [0.2, 0.25) is 5.02 Å². The molecule has 5 nitrogen and oxygen atoms in total. The minimum Gasteiger partial charge on any atom is -0.483 e. The topological polar surface area (TPSA) is 74.2 Å². The molecule has 2 rings (SSSR count). The number of aromatic nitrogens is 2. The Bertz CT molecular complexity index is 555. The van der Waals surface area contributed by atoms with Crippen molar-refractivity contribution in [2.75, 3.05) is 0 Å². The van der Waals surface area contributed by atoms with E-state index in [4.69, 9.17) is 26.6 Å². The van der Waals surface area contributed by atoms with Gasteiger partial charge in [-0.05, 0) is 12.1 Å². The third-order valence-corrected chi connectivity index (χ3v) is 2.99. The summed E-state index contributed by atoms with van der Waals surface area (Å²) >= 11 is 6.05. The van der Waals surface area contributed by atoms with Gasteiger partial charge in [0, 0.05) is 23.0 Å². The van der Waals surface area contributed by atoms with E-state index in [0.29, 0.717) is 29.0 Å². The molecule has 0 saturated heterocycles. The Morgan fingerprint density at radius 2 is 2.21 bits per heavy atom. The van der Waals surface area contributed by atoms with Crippen LogP contribution in [0.3, 0.4) is 0 Å². The van der Waals surface area contributed by atoms with Crippen LogP contribution in [-0.4, -0.2) is 10.1 Å². The lowest BCUT2D eigenvalue weighted by Crippen LogP contribution is -2.03. The molecule has 0 unspecified atom stereocenters. The summed E-state index contributed by atoms with van der Waals surface area (Å²) in [5, 5.41) is 4.46. The van der Waals surface area contributed by atoms with Gasteiger partial charge in [-0.25, -0.2) is 0 Å². The maximum atomic E-state index is 6.05. The third kappa shape index (κ3) is 3.24. The molecule has 6 heteroatoms. The third-order valence-electron chi connectivity index (χ3n) is 2.63. The SMILES string of the molecule is CC(C)c1noc(COc2cccc(Cl)c2CN)n1. The molecule has 0 spiro atoms. The van der Waals surface area contributed by atoms with Crippen LogP contribution in [0.5, 0.6) is 5.75 Å². The minimum atomic E-state index is 0.201. The van der Waals surface area contributed by atoms with Gasteiger partial charge < -0.3 is 15.0 Å². The fraction of sp³-hybridized carbons (Fsp3) is 0.385. The van der Waals surface area contributed by atoms with Crippen molar-refractivity contribution in [1.82, 2.24) is 10.1 Å². The molecule has 0 aliphatic carbocycles. The first-order valence-corrected chi connectivity index (χ1v) is 6.42. The molecule has 0 aliphatic rings. The summed E-state index contributed by atoms with van der Waals surface area (Å²) in [4.78, 5) is 4.24. The zero-order chi connectivity index (χ0) is 13.8. The van der Waals surface area contributed by atoms with Gasteiger partial charge in [0.1, 0.15) is 5.75 Å². The van der Waals surface area contributed by atoms with Crippen LogP contribution in [0.1, 0.15) is 37.0 Å². The second kappa shape index (κ2) is 6.04. The molecule has 0 fully saturated rings. The van der Waals surface area contributed by atoms with Gasteiger partial charge in [0.25, 0.3) is 5.89 Å². The highest BCUT2D eigenvalue weighted by atomic mass is 35.5. The zero-order valence-electron chi connectivity index (χ0n) is 10.9. The molecule has 19 heavy (non-hydrogen) atoms. The average Bonchev–Trinajstić information content (AvgIpc) is 2.85. The zero-order valence-corrected chi connectivity index (χ0v) is 11.6. The van der Waals surface area contributed by atoms with Crippen molar-refractivity contribution in [3.05, 3.63) is 40.5 Å². The Morgan fingerprint density at radius 1 is 1.42 bits per heavy atom. The van der Waals surface area contributed by atoms with Crippen LogP contribution in [0.15, 0.2) is 22.7 Å². The van der Waals surface area contributed by atoms with E-state index in [-0.39, 0.29) is 12.5 Å². The fourth-order valence-corrected chi connectivity index (χ4v) is 1.82. The molecule has 0 bridgehead atoms. The van der Waals surface area contributed by atoms with Gasteiger partial charge in [-0.2, -0.15) is 4.98 Å². The number of nitrogens with two attached hydrogens (primary N) is 1. The van der Waals surface area contributed by atoms with E-state index < -0.39 is 0 Å². The monoisotopic (exact) mass is 281 g/mol. The van der Waals surface area contributed by atoms with Crippen molar-refractivity contribution >= 4 is 11.6 Å². The van der Waals surface area contributed by atoms with E-state index in [0.717, 1.165) is 5.56 Å². The molecule has 2 N–H and O–H groups in total. The Balaban J connectivity index is 2.08. The smallest absolute Gasteiger partial charge is 0.264 e. The summed E-state index contributed by atoms with van der Waals surface area (Å²) in [7, 11) is 0. The standard InChI is InChI=1S/C13H16ClN3O2/c1-8(2)13-16-12(19-17-13)7-18-11-5-3-4-10(14)9(11)6-15/h3-5,8H,6-7,15H2,1-2H3. The van der Waals surface area contributed by atoms with E-state index in [1.165, 1.54) is 0 Å². The van der Waals surface area contributed by atoms with Crippen molar-refractivity contribution in [1.29, 1.82) is 0 Å². The second-order valence-corrected chi connectivity index (χ2v) is 4.82. The lowest BCUT2D eigenvalue weighted by Gasteiger charge is -2.09. The first-order chi connectivity index (χ1) is 9.11. The number of nitrogens with zero attached hydrogens (tertiary/aromatic N) is 2. The highest BCUT2D eigenvalue weighted by molar-refractivity contribution is 6.31. The van der Waals surface area contributed by atoms with Crippen molar-refractivity contribution in [3.8, 4) is 5.75 Å². The molecule has 1 heterocycles. The summed E-state index contributed by atoms with van der Waals surface area (Å²) < 4.78 is 10.7. The van der Waals surface area contributed by atoms with Gasteiger partial charge in [-0.15, -0.1) is 0 Å². The molecule has 0 amide bonds. The molecular weight excluding hydrogens is 266 g/mol. The van der Waals surface area contributed by atoms with Crippen LogP contribution in [0.25, 0.3) is 0 Å². The predicted octanol–water partition coefficient (Wildman–Crippen LogP) is 2.88. The first kappa shape index (κ1) is 13.8. The number of rotatable bonds is 5. The van der Waals surface area contributed by atoms with Gasteiger partial charge in [-0.3, -0.25) is 0 Å². The maximum absolute atomic E-state index is 6.05. The molecule has 0 radical (unpaired) electrons. The summed E-state index contributed by atoms with van der Waals surface area (Å²) in [6.45, 7) is 4.51. The van der Waals surface area contributed by atoms with Gasteiger partial charge in [0.05, 0.1) is 0 Å². The molecule has 102 valence electrons. The van der Waals surface area contributed by atoms with Crippen molar-refractivity contribution in [2.24, 2.45) is 5.73 Å². The Labute approximate surface area is 116 Å². The van der Waals surface area contributed by atoms with E-state index in [1.807, 2.05) is 26.0 Å². The van der Waals surface area contributed by atoms with Gasteiger partial charge >= 0.3 is 0 Å².